The van der Waals surface area contributed by atoms with E-state index in [2.05, 4.69) is 46.5 Å². The molecule has 4 N–H and O–H groups in total. The highest BCUT2D eigenvalue weighted by Gasteiger charge is 2.39. The summed E-state index contributed by atoms with van der Waals surface area (Å²) < 4.78 is 6.88. The zero-order valence-corrected chi connectivity index (χ0v) is 18.3. The van der Waals surface area contributed by atoms with E-state index in [0.29, 0.717) is 24.6 Å². The molecule has 0 spiro atoms. The quantitative estimate of drug-likeness (QED) is 0.397. The van der Waals surface area contributed by atoms with Crippen molar-refractivity contribution in [2.24, 2.45) is 5.73 Å². The minimum absolute atomic E-state index is 0.300. The van der Waals surface area contributed by atoms with Crippen molar-refractivity contribution in [2.75, 3.05) is 13.2 Å². The maximum absolute atomic E-state index is 10.3. The fraction of sp³-hybridized carbons (Fsp3) is 0.231. The van der Waals surface area contributed by atoms with Crippen molar-refractivity contribution in [1.82, 2.24) is 14.8 Å². The molecule has 0 bridgehead atoms. The van der Waals surface area contributed by atoms with Gasteiger partial charge in [0.05, 0.1) is 24.6 Å². The monoisotopic (exact) mass is 442 g/mol. The van der Waals surface area contributed by atoms with Crippen molar-refractivity contribution < 1.29 is 14.9 Å². The zero-order valence-electron chi connectivity index (χ0n) is 18.3. The molecule has 0 radical (unpaired) electrons. The Morgan fingerprint density at radius 1 is 1.00 bits per heavy atom. The number of hydrogen-bond acceptors (Lipinski definition) is 6. The first-order valence-electron chi connectivity index (χ1n) is 10.9. The van der Waals surface area contributed by atoms with Gasteiger partial charge in [-0.2, -0.15) is 5.10 Å². The van der Waals surface area contributed by atoms with E-state index in [9.17, 15) is 10.2 Å². The first kappa shape index (κ1) is 21.5. The first-order valence-corrected chi connectivity index (χ1v) is 10.9. The van der Waals surface area contributed by atoms with E-state index in [-0.39, 0.29) is 0 Å². The number of rotatable bonds is 6. The van der Waals surface area contributed by atoms with Crippen molar-refractivity contribution >= 4 is 0 Å². The highest BCUT2D eigenvalue weighted by Crippen LogP contribution is 2.29. The molecule has 7 nitrogen and oxygen atoms in total. The standard InChI is InChI=1S/C26H26N4O3/c1-17-12-23(25(27)31)29-30(17)22-9-4-19(5-10-22)13-18-2-6-20(7-3-18)21-8-11-24(28-14-21)26(32)15-33-16-26/h2-12,14,25,31-32H,13,15-16,27H2,1H3. The lowest BCUT2D eigenvalue weighted by Gasteiger charge is -2.35. The van der Waals surface area contributed by atoms with Gasteiger partial charge in [-0.25, -0.2) is 4.68 Å². The van der Waals surface area contributed by atoms with E-state index in [1.807, 2.05) is 31.2 Å². The van der Waals surface area contributed by atoms with Gasteiger partial charge in [-0.1, -0.05) is 42.5 Å². The normalized spacial score (nSPS) is 15.8. The molecule has 7 heteroatoms. The summed E-state index contributed by atoms with van der Waals surface area (Å²) in [6.45, 7) is 2.53. The number of aliphatic hydroxyl groups excluding tert-OH is 1. The van der Waals surface area contributed by atoms with Crippen molar-refractivity contribution in [3.8, 4) is 16.8 Å². The van der Waals surface area contributed by atoms with E-state index >= 15 is 0 Å². The summed E-state index contributed by atoms with van der Waals surface area (Å²) in [4.78, 5) is 4.43. The van der Waals surface area contributed by atoms with Crippen LogP contribution in [0.5, 0.6) is 0 Å². The third-order valence-corrected chi connectivity index (χ3v) is 6.01. The van der Waals surface area contributed by atoms with Gasteiger partial charge >= 0.3 is 0 Å². The molecule has 3 heterocycles. The molecule has 2 aromatic heterocycles. The fourth-order valence-electron chi connectivity index (χ4n) is 3.99. The lowest BCUT2D eigenvalue weighted by atomic mass is 9.96. The van der Waals surface area contributed by atoms with Crippen LogP contribution in [0.15, 0.2) is 72.9 Å². The largest absolute Gasteiger partial charge is 0.379 e. The Labute approximate surface area is 192 Å². The zero-order chi connectivity index (χ0) is 23.0. The molecule has 5 rings (SSSR count). The van der Waals surface area contributed by atoms with Gasteiger partial charge in [-0.05, 0) is 54.3 Å². The fourth-order valence-corrected chi connectivity index (χ4v) is 3.99. The van der Waals surface area contributed by atoms with Crippen LogP contribution < -0.4 is 5.73 Å². The molecule has 33 heavy (non-hydrogen) atoms. The molecule has 168 valence electrons. The first-order chi connectivity index (χ1) is 15.9. The number of hydrogen-bond donors (Lipinski definition) is 3. The predicted molar refractivity (Wildman–Crippen MR) is 125 cm³/mol. The maximum Gasteiger partial charge on any atom is 0.153 e. The number of ether oxygens (including phenoxy) is 1. The summed E-state index contributed by atoms with van der Waals surface area (Å²) in [5, 5.41) is 24.3. The molecular weight excluding hydrogens is 416 g/mol. The van der Waals surface area contributed by atoms with Gasteiger partial charge in [-0.3, -0.25) is 4.98 Å². The Morgan fingerprint density at radius 2 is 1.64 bits per heavy atom. The highest BCUT2D eigenvalue weighted by molar-refractivity contribution is 5.63. The van der Waals surface area contributed by atoms with Gasteiger partial charge in [0.15, 0.2) is 5.60 Å². The third-order valence-electron chi connectivity index (χ3n) is 6.01. The topological polar surface area (TPSA) is 106 Å². The minimum Gasteiger partial charge on any atom is -0.379 e. The van der Waals surface area contributed by atoms with Crippen LogP contribution in [-0.2, 0) is 16.8 Å². The molecule has 1 fully saturated rings. The van der Waals surface area contributed by atoms with E-state index in [1.165, 1.54) is 11.1 Å². The SMILES string of the molecule is Cc1cc(C(N)O)nn1-c1ccc(Cc2ccc(-c3ccc(C4(O)COC4)nc3)cc2)cc1. The third kappa shape index (κ3) is 4.31. The van der Waals surface area contributed by atoms with Gasteiger partial charge in [0, 0.05) is 17.5 Å². The van der Waals surface area contributed by atoms with Gasteiger partial charge in [0.25, 0.3) is 0 Å². The summed E-state index contributed by atoms with van der Waals surface area (Å²) >= 11 is 0. The summed E-state index contributed by atoms with van der Waals surface area (Å²) in [7, 11) is 0. The number of pyridine rings is 1. The molecule has 0 amide bonds. The number of benzene rings is 2. The van der Waals surface area contributed by atoms with Crippen LogP contribution in [0, 0.1) is 6.92 Å². The minimum atomic E-state index is -1.08. The van der Waals surface area contributed by atoms with E-state index < -0.39 is 11.8 Å². The van der Waals surface area contributed by atoms with Crippen LogP contribution in [0.25, 0.3) is 16.8 Å². The molecule has 1 saturated heterocycles. The Morgan fingerprint density at radius 3 is 2.15 bits per heavy atom. The van der Waals surface area contributed by atoms with Crippen LogP contribution >= 0.6 is 0 Å². The lowest BCUT2D eigenvalue weighted by Crippen LogP contribution is -2.47. The highest BCUT2D eigenvalue weighted by atomic mass is 16.5. The van der Waals surface area contributed by atoms with Crippen LogP contribution in [0.1, 0.15) is 34.4 Å². The number of aromatic nitrogens is 3. The maximum atomic E-state index is 10.3. The average molecular weight is 443 g/mol. The molecule has 2 aromatic carbocycles. The second kappa shape index (κ2) is 8.53. The summed E-state index contributed by atoms with van der Waals surface area (Å²) in [5.41, 5.74) is 12.0. The number of nitrogens with two attached hydrogens (primary N) is 1. The number of aliphatic hydroxyl groups is 2. The van der Waals surface area contributed by atoms with E-state index in [4.69, 9.17) is 10.5 Å². The van der Waals surface area contributed by atoms with Crippen LogP contribution in [0.2, 0.25) is 0 Å². The predicted octanol–water partition coefficient (Wildman–Crippen LogP) is 3.00. The van der Waals surface area contributed by atoms with Gasteiger partial charge < -0.3 is 20.7 Å². The van der Waals surface area contributed by atoms with Crippen molar-refractivity contribution in [3.05, 3.63) is 101 Å². The van der Waals surface area contributed by atoms with Crippen LogP contribution in [-0.4, -0.2) is 38.2 Å². The number of nitrogens with zero attached hydrogens (tertiary/aromatic N) is 3. The van der Waals surface area contributed by atoms with Crippen molar-refractivity contribution in [3.63, 3.8) is 0 Å². The van der Waals surface area contributed by atoms with Crippen LogP contribution in [0.4, 0.5) is 0 Å². The molecule has 1 aliphatic rings. The second-order valence-corrected chi connectivity index (χ2v) is 8.56. The smallest absolute Gasteiger partial charge is 0.153 e. The van der Waals surface area contributed by atoms with Crippen LogP contribution in [0.3, 0.4) is 0 Å². The molecule has 0 aliphatic carbocycles. The van der Waals surface area contributed by atoms with Gasteiger partial charge in [0.2, 0.25) is 0 Å². The average Bonchev–Trinajstić information content (AvgIpc) is 3.21. The molecule has 4 aromatic rings. The summed E-state index contributed by atoms with van der Waals surface area (Å²) in [5.74, 6) is 0. The van der Waals surface area contributed by atoms with Gasteiger partial charge in [-0.15, -0.1) is 0 Å². The Balaban J connectivity index is 1.27. The van der Waals surface area contributed by atoms with Crippen molar-refractivity contribution in [2.45, 2.75) is 25.2 Å². The Kier molecular flexibility index (Phi) is 5.55. The van der Waals surface area contributed by atoms with E-state index in [0.717, 1.165) is 28.9 Å². The Hall–Kier alpha value is -3.36. The van der Waals surface area contributed by atoms with Crippen molar-refractivity contribution in [1.29, 1.82) is 0 Å². The lowest BCUT2D eigenvalue weighted by molar-refractivity contribution is -0.186. The second-order valence-electron chi connectivity index (χ2n) is 8.56. The van der Waals surface area contributed by atoms with E-state index in [1.54, 1.807) is 16.9 Å². The Bertz CT molecular complexity index is 1240. The molecule has 1 unspecified atom stereocenters. The molecular formula is C26H26N4O3. The summed E-state index contributed by atoms with van der Waals surface area (Å²) in [6.07, 6.45) is 1.53. The molecule has 0 saturated carbocycles. The molecule has 1 aliphatic heterocycles. The van der Waals surface area contributed by atoms with Gasteiger partial charge in [0.1, 0.15) is 11.9 Å². The molecule has 1 atom stereocenters. The number of aryl methyl sites for hydroxylation is 1. The summed E-state index contributed by atoms with van der Waals surface area (Å²) in [6, 6.07) is 22.3.